The minimum atomic E-state index is -1.30. The first-order valence-corrected chi connectivity index (χ1v) is 6.73. The average Bonchev–Trinajstić information content (AvgIpc) is 2.78. The average molecular weight is 344 g/mol. The van der Waals surface area contributed by atoms with Crippen molar-refractivity contribution in [3.05, 3.63) is 50.4 Å². The second-order valence-electron chi connectivity index (χ2n) is 3.59. The van der Waals surface area contributed by atoms with E-state index in [2.05, 4.69) is 21.2 Å². The van der Waals surface area contributed by atoms with E-state index < -0.39 is 17.7 Å². The maximum Gasteiger partial charge on any atom is 0.337 e. The first-order valence-electron chi connectivity index (χ1n) is 5.05. The zero-order chi connectivity index (χ0) is 14.0. The van der Waals surface area contributed by atoms with Crippen LogP contribution >= 0.6 is 27.3 Å². The Balaban J connectivity index is 2.28. The van der Waals surface area contributed by atoms with Crippen molar-refractivity contribution in [1.82, 2.24) is 0 Å². The molecule has 1 aromatic heterocycles. The fourth-order valence-electron chi connectivity index (χ4n) is 1.43. The van der Waals surface area contributed by atoms with E-state index >= 15 is 0 Å². The van der Waals surface area contributed by atoms with Crippen molar-refractivity contribution in [3.8, 4) is 0 Å². The van der Waals surface area contributed by atoms with E-state index in [4.69, 9.17) is 5.11 Å². The van der Waals surface area contributed by atoms with Gasteiger partial charge in [-0.25, -0.2) is 9.18 Å². The highest BCUT2D eigenvalue weighted by Crippen LogP contribution is 2.23. The molecule has 0 bridgehead atoms. The summed E-state index contributed by atoms with van der Waals surface area (Å²) in [5.74, 6) is -2.42. The number of nitrogens with one attached hydrogen (secondary N) is 1. The fourth-order valence-corrected chi connectivity index (χ4v) is 2.56. The molecule has 0 radical (unpaired) electrons. The third-order valence-electron chi connectivity index (χ3n) is 2.29. The number of hydrogen-bond acceptors (Lipinski definition) is 3. The SMILES string of the molecule is O=C(Nc1ccc(F)cc1C(=O)O)c1csc(Br)c1. The lowest BCUT2D eigenvalue weighted by molar-refractivity contribution is 0.0697. The molecule has 2 aromatic rings. The summed E-state index contributed by atoms with van der Waals surface area (Å²) in [7, 11) is 0. The summed E-state index contributed by atoms with van der Waals surface area (Å²) in [5, 5.41) is 13.0. The van der Waals surface area contributed by atoms with E-state index in [1.165, 1.54) is 17.4 Å². The predicted molar refractivity (Wildman–Crippen MR) is 73.3 cm³/mol. The van der Waals surface area contributed by atoms with Gasteiger partial charge >= 0.3 is 5.97 Å². The fraction of sp³-hybridized carbons (Fsp3) is 0. The van der Waals surface area contributed by atoms with Crippen molar-refractivity contribution in [2.45, 2.75) is 0 Å². The number of carboxylic acids is 1. The minimum Gasteiger partial charge on any atom is -0.478 e. The molecule has 0 aliphatic heterocycles. The third-order valence-corrected chi connectivity index (χ3v) is 3.79. The van der Waals surface area contributed by atoms with Gasteiger partial charge in [-0.2, -0.15) is 0 Å². The molecule has 0 saturated heterocycles. The van der Waals surface area contributed by atoms with Crippen LogP contribution in [-0.2, 0) is 0 Å². The zero-order valence-electron chi connectivity index (χ0n) is 9.31. The van der Waals surface area contributed by atoms with Gasteiger partial charge in [-0.1, -0.05) is 0 Å². The van der Waals surface area contributed by atoms with Crippen LogP contribution in [0.5, 0.6) is 0 Å². The Kier molecular flexibility index (Phi) is 3.96. The molecule has 7 heteroatoms. The summed E-state index contributed by atoms with van der Waals surface area (Å²) in [6.07, 6.45) is 0. The Bertz CT molecular complexity index is 656. The van der Waals surface area contributed by atoms with Gasteiger partial charge in [-0.3, -0.25) is 4.79 Å². The molecule has 0 saturated carbocycles. The topological polar surface area (TPSA) is 66.4 Å². The van der Waals surface area contributed by atoms with Crippen LogP contribution in [-0.4, -0.2) is 17.0 Å². The van der Waals surface area contributed by atoms with E-state index in [-0.39, 0.29) is 11.3 Å². The van der Waals surface area contributed by atoms with Crippen molar-refractivity contribution >= 4 is 44.8 Å². The lowest BCUT2D eigenvalue weighted by Crippen LogP contribution is -2.14. The molecular formula is C12H7BrFNO3S. The van der Waals surface area contributed by atoms with Crippen LogP contribution in [0.2, 0.25) is 0 Å². The molecule has 4 nitrogen and oxygen atoms in total. The zero-order valence-corrected chi connectivity index (χ0v) is 11.7. The second-order valence-corrected chi connectivity index (χ2v) is 5.88. The first-order chi connectivity index (χ1) is 8.97. The summed E-state index contributed by atoms with van der Waals surface area (Å²) in [5.41, 5.74) is 0.168. The lowest BCUT2D eigenvalue weighted by Gasteiger charge is -2.07. The Morgan fingerprint density at radius 3 is 2.63 bits per heavy atom. The summed E-state index contributed by atoms with van der Waals surface area (Å²) in [6.45, 7) is 0. The standard InChI is InChI=1S/C12H7BrFNO3S/c13-10-3-6(5-19-10)11(16)15-9-2-1-7(14)4-8(9)12(17)18/h1-5H,(H,15,16)(H,17,18). The summed E-state index contributed by atoms with van der Waals surface area (Å²) in [6, 6.07) is 4.79. The smallest absolute Gasteiger partial charge is 0.337 e. The number of aromatic carboxylic acids is 1. The Hall–Kier alpha value is -1.73. The molecule has 1 amide bonds. The van der Waals surface area contributed by atoms with Gasteiger partial charge in [-0.05, 0) is 40.2 Å². The van der Waals surface area contributed by atoms with E-state index in [0.717, 1.165) is 15.9 Å². The Morgan fingerprint density at radius 1 is 1.32 bits per heavy atom. The number of carbonyl (C=O) groups is 2. The normalized spacial score (nSPS) is 10.2. The largest absolute Gasteiger partial charge is 0.478 e. The quantitative estimate of drug-likeness (QED) is 0.894. The maximum absolute atomic E-state index is 13.0. The van der Waals surface area contributed by atoms with Gasteiger partial charge in [0, 0.05) is 5.38 Å². The number of carbonyl (C=O) groups excluding carboxylic acids is 1. The van der Waals surface area contributed by atoms with E-state index in [9.17, 15) is 14.0 Å². The molecule has 1 heterocycles. The predicted octanol–water partition coefficient (Wildman–Crippen LogP) is 3.60. The second kappa shape index (κ2) is 5.50. The number of rotatable bonds is 3. The highest BCUT2D eigenvalue weighted by molar-refractivity contribution is 9.11. The summed E-state index contributed by atoms with van der Waals surface area (Å²) in [4.78, 5) is 22.8. The number of amides is 1. The highest BCUT2D eigenvalue weighted by Gasteiger charge is 2.15. The minimum absolute atomic E-state index is 0.0567. The molecule has 0 aliphatic rings. The Morgan fingerprint density at radius 2 is 2.05 bits per heavy atom. The van der Waals surface area contributed by atoms with E-state index in [1.54, 1.807) is 11.4 Å². The number of halogens is 2. The molecule has 0 unspecified atom stereocenters. The van der Waals surface area contributed by atoms with Gasteiger partial charge in [0.2, 0.25) is 0 Å². The Labute approximate surface area is 120 Å². The molecule has 0 atom stereocenters. The maximum atomic E-state index is 13.0. The molecule has 98 valence electrons. The van der Waals surface area contributed by atoms with E-state index in [0.29, 0.717) is 5.56 Å². The van der Waals surface area contributed by atoms with Crippen molar-refractivity contribution in [2.75, 3.05) is 5.32 Å². The van der Waals surface area contributed by atoms with Gasteiger partial charge in [0.25, 0.3) is 5.91 Å². The van der Waals surface area contributed by atoms with Crippen molar-refractivity contribution in [1.29, 1.82) is 0 Å². The van der Waals surface area contributed by atoms with Gasteiger partial charge in [-0.15, -0.1) is 11.3 Å². The van der Waals surface area contributed by atoms with Gasteiger partial charge in [0.1, 0.15) is 5.82 Å². The van der Waals surface area contributed by atoms with Gasteiger partial charge in [0.05, 0.1) is 20.6 Å². The van der Waals surface area contributed by atoms with Crippen LogP contribution in [0.1, 0.15) is 20.7 Å². The molecule has 0 spiro atoms. The molecule has 1 aromatic carbocycles. The number of carboxylic acid groups (broad SMARTS) is 1. The van der Waals surface area contributed by atoms with Gasteiger partial charge in [0.15, 0.2) is 0 Å². The highest BCUT2D eigenvalue weighted by atomic mass is 79.9. The first kappa shape index (κ1) is 13.7. The number of hydrogen-bond donors (Lipinski definition) is 2. The van der Waals surface area contributed by atoms with E-state index in [1.807, 2.05) is 0 Å². The number of thiophene rings is 1. The molecule has 0 aliphatic carbocycles. The molecule has 2 N–H and O–H groups in total. The van der Waals surface area contributed by atoms with Crippen LogP contribution in [0.15, 0.2) is 33.4 Å². The van der Waals surface area contributed by atoms with Crippen LogP contribution in [0.4, 0.5) is 10.1 Å². The number of benzene rings is 1. The van der Waals surface area contributed by atoms with Crippen LogP contribution in [0.25, 0.3) is 0 Å². The molecule has 19 heavy (non-hydrogen) atoms. The van der Waals surface area contributed by atoms with Crippen molar-refractivity contribution in [2.24, 2.45) is 0 Å². The summed E-state index contributed by atoms with van der Waals surface area (Å²) < 4.78 is 13.8. The van der Waals surface area contributed by atoms with Crippen molar-refractivity contribution in [3.63, 3.8) is 0 Å². The monoisotopic (exact) mass is 343 g/mol. The summed E-state index contributed by atoms with van der Waals surface area (Å²) >= 11 is 4.56. The van der Waals surface area contributed by atoms with Crippen molar-refractivity contribution < 1.29 is 19.1 Å². The molecule has 0 fully saturated rings. The van der Waals surface area contributed by atoms with Gasteiger partial charge < -0.3 is 10.4 Å². The lowest BCUT2D eigenvalue weighted by atomic mass is 10.1. The third kappa shape index (κ3) is 3.18. The van der Waals surface area contributed by atoms with Crippen LogP contribution < -0.4 is 5.32 Å². The van der Waals surface area contributed by atoms with Crippen LogP contribution in [0, 0.1) is 5.82 Å². The van der Waals surface area contributed by atoms with Crippen LogP contribution in [0.3, 0.4) is 0 Å². The molecular weight excluding hydrogens is 337 g/mol. The number of anilines is 1. The molecule has 2 rings (SSSR count).